The summed E-state index contributed by atoms with van der Waals surface area (Å²) in [6.07, 6.45) is 3.92. The van der Waals surface area contributed by atoms with E-state index in [1.807, 2.05) is 30.5 Å². The van der Waals surface area contributed by atoms with Crippen molar-refractivity contribution in [1.29, 1.82) is 0 Å². The Morgan fingerprint density at radius 2 is 1.92 bits per heavy atom. The first-order valence-corrected chi connectivity index (χ1v) is 9.31. The molecule has 134 valence electrons. The first-order valence-electron chi connectivity index (χ1n) is 8.52. The van der Waals surface area contributed by atoms with Gasteiger partial charge in [-0.1, -0.05) is 38.1 Å². The number of amides is 1. The Kier molecular flexibility index (Phi) is 5.83. The maximum absolute atomic E-state index is 12.2. The second-order valence-corrected chi connectivity index (χ2v) is 7.40. The van der Waals surface area contributed by atoms with Crippen LogP contribution in [0.25, 0.3) is 0 Å². The van der Waals surface area contributed by atoms with Crippen LogP contribution in [0, 0.1) is 0 Å². The number of benzene rings is 1. The molecule has 0 aliphatic rings. The quantitative estimate of drug-likeness (QED) is 0.652. The topological polar surface area (TPSA) is 59.8 Å². The molecule has 1 N–H and O–H groups in total. The number of pyridine rings is 1. The van der Waals surface area contributed by atoms with Crippen molar-refractivity contribution >= 4 is 27.7 Å². The molecule has 0 spiro atoms. The van der Waals surface area contributed by atoms with E-state index in [0.717, 1.165) is 15.7 Å². The van der Waals surface area contributed by atoms with Crippen LogP contribution in [0.15, 0.2) is 59.3 Å². The second-order valence-electron chi connectivity index (χ2n) is 6.49. The van der Waals surface area contributed by atoms with Gasteiger partial charge < -0.3 is 5.32 Å². The number of hydrogen-bond donors (Lipinski definition) is 1. The largest absolute Gasteiger partial charge is 0.309 e. The van der Waals surface area contributed by atoms with Gasteiger partial charge in [0.15, 0.2) is 5.82 Å². The van der Waals surface area contributed by atoms with Gasteiger partial charge in [-0.3, -0.25) is 14.5 Å². The van der Waals surface area contributed by atoms with Crippen LogP contribution >= 0.6 is 15.9 Å². The lowest BCUT2D eigenvalue weighted by Crippen LogP contribution is -2.15. The summed E-state index contributed by atoms with van der Waals surface area (Å²) >= 11 is 3.37. The number of hydrogen-bond acceptors (Lipinski definition) is 3. The highest BCUT2D eigenvalue weighted by molar-refractivity contribution is 9.10. The van der Waals surface area contributed by atoms with Gasteiger partial charge >= 0.3 is 0 Å². The van der Waals surface area contributed by atoms with Crippen molar-refractivity contribution in [3.8, 4) is 0 Å². The van der Waals surface area contributed by atoms with E-state index in [9.17, 15) is 4.79 Å². The predicted octanol–water partition coefficient (Wildman–Crippen LogP) is 4.39. The van der Waals surface area contributed by atoms with E-state index in [1.54, 1.807) is 16.9 Å². The normalized spacial score (nSPS) is 10.9. The van der Waals surface area contributed by atoms with E-state index in [0.29, 0.717) is 24.7 Å². The third-order valence-corrected chi connectivity index (χ3v) is 4.50. The molecule has 0 fully saturated rings. The maximum atomic E-state index is 12.2. The zero-order valence-electron chi connectivity index (χ0n) is 14.8. The molecule has 6 heteroatoms. The molecule has 0 aliphatic heterocycles. The van der Waals surface area contributed by atoms with Gasteiger partial charge in [0.2, 0.25) is 5.91 Å². The lowest BCUT2D eigenvalue weighted by Gasteiger charge is -2.07. The van der Waals surface area contributed by atoms with E-state index < -0.39 is 0 Å². The fourth-order valence-corrected chi connectivity index (χ4v) is 2.81. The minimum atomic E-state index is -0.0747. The Morgan fingerprint density at radius 1 is 1.15 bits per heavy atom. The lowest BCUT2D eigenvalue weighted by atomic mass is 10.0. The molecular formula is C20H21BrN4O. The number of carbonyl (C=O) groups excluding carboxylic acids is 1. The molecule has 0 aliphatic carbocycles. The first kappa shape index (κ1) is 18.3. The van der Waals surface area contributed by atoms with E-state index in [4.69, 9.17) is 0 Å². The molecule has 0 atom stereocenters. The molecule has 0 radical (unpaired) electrons. The van der Waals surface area contributed by atoms with Gasteiger partial charge in [-0.2, -0.15) is 5.10 Å². The lowest BCUT2D eigenvalue weighted by molar-refractivity contribution is -0.115. The van der Waals surface area contributed by atoms with Crippen LogP contribution in [0.3, 0.4) is 0 Å². The standard InChI is InChI=1S/C20H21BrN4O/c1-14(2)16-5-3-15(4-6-16)11-20(26)23-19-9-10-25(24-19)13-18-8-7-17(21)12-22-18/h3-10,12,14H,11,13H2,1-2H3,(H,23,24,26). The Bertz CT molecular complexity index is 870. The van der Waals surface area contributed by atoms with E-state index in [-0.39, 0.29) is 5.91 Å². The highest BCUT2D eigenvalue weighted by Gasteiger charge is 2.08. The number of anilines is 1. The van der Waals surface area contributed by atoms with Crippen molar-refractivity contribution in [2.24, 2.45) is 0 Å². The molecule has 26 heavy (non-hydrogen) atoms. The Labute approximate surface area is 161 Å². The molecule has 0 unspecified atom stereocenters. The van der Waals surface area contributed by atoms with Gasteiger partial charge in [-0.05, 0) is 45.1 Å². The molecule has 2 heterocycles. The van der Waals surface area contributed by atoms with Crippen molar-refractivity contribution in [2.75, 3.05) is 5.32 Å². The van der Waals surface area contributed by atoms with Crippen LogP contribution in [-0.4, -0.2) is 20.7 Å². The summed E-state index contributed by atoms with van der Waals surface area (Å²) in [6, 6.07) is 13.8. The summed E-state index contributed by atoms with van der Waals surface area (Å²) in [4.78, 5) is 16.6. The Hall–Kier alpha value is -2.47. The third kappa shape index (κ3) is 5.02. The number of halogens is 1. The molecular weight excluding hydrogens is 392 g/mol. The fraction of sp³-hybridized carbons (Fsp3) is 0.250. The zero-order chi connectivity index (χ0) is 18.5. The predicted molar refractivity (Wildman–Crippen MR) is 106 cm³/mol. The van der Waals surface area contributed by atoms with Crippen LogP contribution in [0.5, 0.6) is 0 Å². The highest BCUT2D eigenvalue weighted by Crippen LogP contribution is 2.15. The smallest absolute Gasteiger partial charge is 0.229 e. The van der Waals surface area contributed by atoms with Crippen molar-refractivity contribution < 1.29 is 4.79 Å². The van der Waals surface area contributed by atoms with Crippen molar-refractivity contribution in [1.82, 2.24) is 14.8 Å². The van der Waals surface area contributed by atoms with Gasteiger partial charge in [0, 0.05) is 22.9 Å². The average Bonchev–Trinajstić information content (AvgIpc) is 3.04. The summed E-state index contributed by atoms with van der Waals surface area (Å²) in [7, 11) is 0. The number of carbonyl (C=O) groups is 1. The summed E-state index contributed by atoms with van der Waals surface area (Å²) in [5.74, 6) is 0.960. The summed E-state index contributed by atoms with van der Waals surface area (Å²) < 4.78 is 2.69. The Morgan fingerprint density at radius 3 is 2.58 bits per heavy atom. The van der Waals surface area contributed by atoms with Crippen molar-refractivity contribution in [3.63, 3.8) is 0 Å². The van der Waals surface area contributed by atoms with Gasteiger partial charge in [0.1, 0.15) is 0 Å². The first-order chi connectivity index (χ1) is 12.5. The van der Waals surface area contributed by atoms with E-state index in [1.165, 1.54) is 5.56 Å². The minimum absolute atomic E-state index is 0.0747. The number of aromatic nitrogens is 3. The molecule has 1 aromatic carbocycles. The van der Waals surface area contributed by atoms with E-state index in [2.05, 4.69) is 57.3 Å². The maximum Gasteiger partial charge on any atom is 0.229 e. The summed E-state index contributed by atoms with van der Waals surface area (Å²) in [6.45, 7) is 4.86. The summed E-state index contributed by atoms with van der Waals surface area (Å²) in [5, 5.41) is 7.22. The number of nitrogens with zero attached hydrogens (tertiary/aromatic N) is 3. The average molecular weight is 413 g/mol. The van der Waals surface area contributed by atoms with Crippen LogP contribution in [0.2, 0.25) is 0 Å². The monoisotopic (exact) mass is 412 g/mol. The molecule has 0 bridgehead atoms. The molecule has 0 saturated heterocycles. The van der Waals surface area contributed by atoms with Crippen LogP contribution < -0.4 is 5.32 Å². The van der Waals surface area contributed by atoms with E-state index >= 15 is 0 Å². The molecule has 1 amide bonds. The highest BCUT2D eigenvalue weighted by atomic mass is 79.9. The van der Waals surface area contributed by atoms with Gasteiger partial charge in [0.25, 0.3) is 0 Å². The van der Waals surface area contributed by atoms with Crippen LogP contribution in [0.1, 0.15) is 36.6 Å². The van der Waals surface area contributed by atoms with Crippen LogP contribution in [0.4, 0.5) is 5.82 Å². The minimum Gasteiger partial charge on any atom is -0.309 e. The van der Waals surface area contributed by atoms with Gasteiger partial charge in [-0.25, -0.2) is 0 Å². The molecule has 3 rings (SSSR count). The summed E-state index contributed by atoms with van der Waals surface area (Å²) in [5.41, 5.74) is 3.17. The fourth-order valence-electron chi connectivity index (χ4n) is 2.58. The van der Waals surface area contributed by atoms with Gasteiger partial charge in [-0.15, -0.1) is 0 Å². The molecule has 5 nitrogen and oxygen atoms in total. The van der Waals surface area contributed by atoms with Gasteiger partial charge in [0.05, 0.1) is 18.7 Å². The number of rotatable bonds is 6. The SMILES string of the molecule is CC(C)c1ccc(CC(=O)Nc2ccn(Cc3ccc(Br)cn3)n2)cc1. The third-order valence-electron chi connectivity index (χ3n) is 4.03. The molecule has 3 aromatic rings. The number of nitrogens with one attached hydrogen (secondary N) is 1. The zero-order valence-corrected chi connectivity index (χ0v) is 16.4. The molecule has 2 aromatic heterocycles. The Balaban J connectivity index is 1.56. The second kappa shape index (κ2) is 8.27. The van der Waals surface area contributed by atoms with Crippen LogP contribution in [-0.2, 0) is 17.8 Å². The van der Waals surface area contributed by atoms with Crippen molar-refractivity contribution in [2.45, 2.75) is 32.7 Å². The van der Waals surface area contributed by atoms with Crippen molar-refractivity contribution in [3.05, 3.63) is 76.2 Å². The molecule has 0 saturated carbocycles.